The molecule has 0 saturated carbocycles. The van der Waals surface area contributed by atoms with Gasteiger partial charge in [-0.3, -0.25) is 4.90 Å². The molecule has 1 saturated heterocycles. The van der Waals surface area contributed by atoms with E-state index in [0.29, 0.717) is 62.7 Å². The first kappa shape index (κ1) is 22.8. The molecule has 2 aliphatic rings. The lowest BCUT2D eigenvalue weighted by molar-refractivity contribution is 0.129. The van der Waals surface area contributed by atoms with Crippen molar-refractivity contribution in [2.24, 2.45) is 0 Å². The Bertz CT molecular complexity index is 1250. The zero-order valence-corrected chi connectivity index (χ0v) is 20.1. The molecule has 9 nitrogen and oxygen atoms in total. The van der Waals surface area contributed by atoms with Gasteiger partial charge >= 0.3 is 0 Å². The van der Waals surface area contributed by atoms with Gasteiger partial charge in [0.05, 0.1) is 24.2 Å². The molecule has 0 N–H and O–H groups in total. The van der Waals surface area contributed by atoms with Crippen molar-refractivity contribution in [3.05, 3.63) is 53.9 Å². The van der Waals surface area contributed by atoms with Gasteiger partial charge in [-0.25, -0.2) is 8.42 Å². The molecule has 2 aliphatic heterocycles. The van der Waals surface area contributed by atoms with Gasteiger partial charge in [-0.2, -0.15) is 4.31 Å². The second-order valence-corrected chi connectivity index (χ2v) is 10.5. The van der Waals surface area contributed by atoms with Crippen LogP contribution in [0.15, 0.2) is 51.8 Å². The van der Waals surface area contributed by atoms with Crippen LogP contribution in [0.3, 0.4) is 0 Å². The summed E-state index contributed by atoms with van der Waals surface area (Å²) in [7, 11) is -3.64. The number of ether oxygens (including phenoxy) is 2. The van der Waals surface area contributed by atoms with E-state index in [4.69, 9.17) is 13.9 Å². The number of rotatable bonds is 5. The number of sulfonamides is 1. The lowest BCUT2D eigenvalue weighted by atomic mass is 10.1. The lowest BCUT2D eigenvalue weighted by Crippen LogP contribution is -2.49. The molecule has 180 valence electrons. The first-order valence-corrected chi connectivity index (χ1v) is 12.9. The monoisotopic (exact) mass is 484 g/mol. The summed E-state index contributed by atoms with van der Waals surface area (Å²) in [6, 6.07) is 12.6. The number of fused-ring (bicyclic) bond motifs is 1. The number of piperazine rings is 1. The molecule has 0 amide bonds. The zero-order chi connectivity index (χ0) is 23.7. The van der Waals surface area contributed by atoms with E-state index in [2.05, 4.69) is 15.1 Å². The van der Waals surface area contributed by atoms with E-state index in [9.17, 15) is 8.42 Å². The Balaban J connectivity index is 1.25. The van der Waals surface area contributed by atoms with E-state index in [1.165, 1.54) is 4.31 Å². The van der Waals surface area contributed by atoms with Crippen LogP contribution < -0.4 is 9.47 Å². The Labute approximate surface area is 199 Å². The fraction of sp³-hybridized carbons (Fsp3) is 0.417. The van der Waals surface area contributed by atoms with Crippen LogP contribution in [0, 0.1) is 6.92 Å². The van der Waals surface area contributed by atoms with E-state index >= 15 is 0 Å². The summed E-state index contributed by atoms with van der Waals surface area (Å²) in [4.78, 5) is 2.38. The van der Waals surface area contributed by atoms with E-state index in [-0.39, 0.29) is 10.9 Å². The quantitative estimate of drug-likeness (QED) is 0.544. The van der Waals surface area contributed by atoms with Gasteiger partial charge in [0.15, 0.2) is 11.5 Å². The predicted molar refractivity (Wildman–Crippen MR) is 125 cm³/mol. The number of hydrogen-bond donors (Lipinski definition) is 0. The molecule has 0 spiro atoms. The zero-order valence-electron chi connectivity index (χ0n) is 19.3. The lowest BCUT2D eigenvalue weighted by Gasteiger charge is -2.36. The van der Waals surface area contributed by atoms with Crippen molar-refractivity contribution in [3.63, 3.8) is 0 Å². The van der Waals surface area contributed by atoms with E-state index in [0.717, 1.165) is 17.5 Å². The molecule has 0 radical (unpaired) electrons. The van der Waals surface area contributed by atoms with E-state index < -0.39 is 10.0 Å². The van der Waals surface area contributed by atoms with Gasteiger partial charge in [-0.15, -0.1) is 10.2 Å². The minimum atomic E-state index is -3.64. The topological polar surface area (TPSA) is 98.0 Å². The minimum Gasteiger partial charge on any atom is -0.490 e. The molecule has 1 atom stereocenters. The van der Waals surface area contributed by atoms with Gasteiger partial charge in [0.2, 0.25) is 21.8 Å². The van der Waals surface area contributed by atoms with Gasteiger partial charge in [-0.1, -0.05) is 17.7 Å². The number of benzene rings is 2. The average molecular weight is 485 g/mol. The van der Waals surface area contributed by atoms with E-state index in [1.807, 2.05) is 38.1 Å². The summed E-state index contributed by atoms with van der Waals surface area (Å²) in [5.41, 5.74) is 2.04. The van der Waals surface area contributed by atoms with Crippen molar-refractivity contribution in [1.82, 2.24) is 19.4 Å². The summed E-state index contributed by atoms with van der Waals surface area (Å²) >= 11 is 0. The Morgan fingerprint density at radius 3 is 2.35 bits per heavy atom. The molecule has 0 unspecified atom stereocenters. The summed E-state index contributed by atoms with van der Waals surface area (Å²) < 4.78 is 45.3. The molecular weight excluding hydrogens is 456 g/mol. The number of nitrogens with zero attached hydrogens (tertiary/aromatic N) is 4. The number of hydrogen-bond acceptors (Lipinski definition) is 8. The third kappa shape index (κ3) is 4.53. The minimum absolute atomic E-state index is 0.116. The van der Waals surface area contributed by atoms with E-state index in [1.54, 1.807) is 18.2 Å². The summed E-state index contributed by atoms with van der Waals surface area (Å²) in [5, 5.41) is 8.43. The molecule has 34 heavy (non-hydrogen) atoms. The first-order valence-electron chi connectivity index (χ1n) is 11.5. The maximum atomic E-state index is 13.3. The Morgan fingerprint density at radius 2 is 1.62 bits per heavy atom. The van der Waals surface area contributed by atoms with Crippen LogP contribution in [0.1, 0.15) is 30.8 Å². The second kappa shape index (κ2) is 9.36. The Morgan fingerprint density at radius 1 is 0.912 bits per heavy atom. The highest BCUT2D eigenvalue weighted by Crippen LogP contribution is 2.33. The van der Waals surface area contributed by atoms with Crippen LogP contribution in [0.2, 0.25) is 0 Å². The molecule has 10 heteroatoms. The summed E-state index contributed by atoms with van der Waals surface area (Å²) in [6.07, 6.45) is 0.767. The summed E-state index contributed by atoms with van der Waals surface area (Å²) in [6.45, 7) is 6.97. The highest BCUT2D eigenvalue weighted by Gasteiger charge is 2.32. The van der Waals surface area contributed by atoms with Gasteiger partial charge in [-0.05, 0) is 38.1 Å². The molecule has 3 heterocycles. The van der Waals surface area contributed by atoms with Gasteiger partial charge < -0.3 is 13.9 Å². The molecule has 2 aromatic carbocycles. The maximum absolute atomic E-state index is 13.3. The molecule has 3 aromatic rings. The molecule has 0 bridgehead atoms. The van der Waals surface area contributed by atoms with Crippen molar-refractivity contribution in [1.29, 1.82) is 0 Å². The van der Waals surface area contributed by atoms with Crippen molar-refractivity contribution < 1.29 is 22.3 Å². The smallest absolute Gasteiger partial charge is 0.247 e. The van der Waals surface area contributed by atoms with Gasteiger partial charge in [0.1, 0.15) is 0 Å². The van der Waals surface area contributed by atoms with Crippen LogP contribution in [0.5, 0.6) is 11.5 Å². The molecule has 1 fully saturated rings. The van der Waals surface area contributed by atoms with Crippen LogP contribution in [-0.2, 0) is 10.0 Å². The molecular formula is C24H28N4O5S. The predicted octanol–water partition coefficient (Wildman–Crippen LogP) is 3.27. The first-order chi connectivity index (χ1) is 16.4. The largest absolute Gasteiger partial charge is 0.490 e. The van der Waals surface area contributed by atoms with Crippen molar-refractivity contribution in [2.45, 2.75) is 31.2 Å². The normalized spacial score (nSPS) is 18.4. The summed E-state index contributed by atoms with van der Waals surface area (Å²) in [5.74, 6) is 2.07. The molecule has 5 rings (SSSR count). The second-order valence-electron chi connectivity index (χ2n) is 8.59. The highest BCUT2D eigenvalue weighted by molar-refractivity contribution is 7.89. The van der Waals surface area contributed by atoms with Crippen LogP contribution in [-0.4, -0.2) is 67.2 Å². The highest BCUT2D eigenvalue weighted by atomic mass is 32.2. The number of aryl methyl sites for hydroxylation is 1. The average Bonchev–Trinajstić information content (AvgIpc) is 3.22. The van der Waals surface area contributed by atoms with Crippen molar-refractivity contribution in [3.8, 4) is 23.0 Å². The third-order valence-electron chi connectivity index (χ3n) is 6.27. The Hall–Kier alpha value is -2.95. The van der Waals surface area contributed by atoms with Crippen LogP contribution in [0.25, 0.3) is 11.5 Å². The fourth-order valence-electron chi connectivity index (χ4n) is 4.16. The Kier molecular flexibility index (Phi) is 6.28. The van der Waals surface area contributed by atoms with Crippen molar-refractivity contribution in [2.75, 3.05) is 39.4 Å². The van der Waals surface area contributed by atoms with Gasteiger partial charge in [0, 0.05) is 44.2 Å². The van der Waals surface area contributed by atoms with Crippen LogP contribution >= 0.6 is 0 Å². The fourth-order valence-corrected chi connectivity index (χ4v) is 5.59. The van der Waals surface area contributed by atoms with Crippen molar-refractivity contribution >= 4 is 10.0 Å². The maximum Gasteiger partial charge on any atom is 0.247 e. The molecule has 0 aliphatic carbocycles. The van der Waals surface area contributed by atoms with Gasteiger partial charge in [0.25, 0.3) is 0 Å². The third-order valence-corrected chi connectivity index (χ3v) is 8.17. The SMILES string of the molecule is Cc1ccc(-c2nnc([C@@H](C)N3CCN(S(=O)(=O)c4ccc5c(c4)OCCCO5)CC3)o2)cc1. The standard InChI is InChI=1S/C24H28N4O5S/c1-17-4-6-19(7-5-17)24-26-25-23(33-24)18(2)27-10-12-28(13-11-27)34(29,30)20-8-9-21-22(16-20)32-15-3-14-31-21/h4-9,16,18H,3,10-15H2,1-2H3/t18-/m1/s1. The number of aromatic nitrogens is 2. The van der Waals surface area contributed by atoms with Crippen LogP contribution in [0.4, 0.5) is 0 Å². The molecule has 1 aromatic heterocycles.